The number of alkyl halides is 1. The van der Waals surface area contributed by atoms with Gasteiger partial charge in [-0.05, 0) is 23.5 Å². The summed E-state index contributed by atoms with van der Waals surface area (Å²) in [6, 6.07) is 8.06. The second-order valence-corrected chi connectivity index (χ2v) is 5.68. The van der Waals surface area contributed by atoms with Crippen molar-refractivity contribution in [3.63, 3.8) is 0 Å². The van der Waals surface area contributed by atoms with E-state index in [2.05, 4.69) is 5.32 Å². The highest BCUT2D eigenvalue weighted by Crippen LogP contribution is 2.28. The molecule has 0 spiro atoms. The van der Waals surface area contributed by atoms with E-state index in [1.807, 2.05) is 24.3 Å². The van der Waals surface area contributed by atoms with E-state index in [0.29, 0.717) is 18.8 Å². The summed E-state index contributed by atoms with van der Waals surface area (Å²) in [6.07, 6.45) is 7.04. The van der Waals surface area contributed by atoms with Crippen molar-refractivity contribution in [2.24, 2.45) is 5.92 Å². The van der Waals surface area contributed by atoms with E-state index in [9.17, 15) is 4.79 Å². The summed E-state index contributed by atoms with van der Waals surface area (Å²) in [5.41, 5.74) is 2.24. The normalized spacial score (nSPS) is 15.6. The summed E-state index contributed by atoms with van der Waals surface area (Å²) in [5, 5.41) is 2.99. The van der Waals surface area contributed by atoms with E-state index < -0.39 is 0 Å². The van der Waals surface area contributed by atoms with Crippen molar-refractivity contribution in [3.8, 4) is 0 Å². The van der Waals surface area contributed by atoms with Crippen LogP contribution in [0.5, 0.6) is 0 Å². The highest BCUT2D eigenvalue weighted by molar-refractivity contribution is 6.17. The predicted octanol–water partition coefficient (Wildman–Crippen LogP) is 4.01. The molecule has 3 heteroatoms. The van der Waals surface area contributed by atoms with Crippen molar-refractivity contribution >= 4 is 17.5 Å². The fraction of sp³-hybridized carbons (Fsp3) is 0.562. The molecule has 1 amide bonds. The van der Waals surface area contributed by atoms with Gasteiger partial charge in [0.15, 0.2) is 0 Å². The quantitative estimate of drug-likeness (QED) is 0.783. The van der Waals surface area contributed by atoms with Gasteiger partial charge in [-0.2, -0.15) is 0 Å². The van der Waals surface area contributed by atoms with Crippen molar-refractivity contribution in [3.05, 3.63) is 35.4 Å². The molecule has 0 radical (unpaired) electrons. The third-order valence-electron chi connectivity index (χ3n) is 3.92. The lowest BCUT2D eigenvalue weighted by molar-refractivity contribution is -0.121. The number of amides is 1. The van der Waals surface area contributed by atoms with Crippen molar-refractivity contribution in [2.75, 3.05) is 0 Å². The van der Waals surface area contributed by atoms with Gasteiger partial charge in [-0.3, -0.25) is 4.79 Å². The molecule has 0 saturated heterocycles. The second-order valence-electron chi connectivity index (χ2n) is 5.42. The van der Waals surface area contributed by atoms with Crippen LogP contribution in [-0.2, 0) is 17.2 Å². The van der Waals surface area contributed by atoms with E-state index >= 15 is 0 Å². The minimum absolute atomic E-state index is 0.174. The molecule has 19 heavy (non-hydrogen) atoms. The minimum Gasteiger partial charge on any atom is -0.352 e. The molecule has 1 aromatic rings. The third-order valence-corrected chi connectivity index (χ3v) is 4.23. The lowest BCUT2D eigenvalue weighted by Crippen LogP contribution is -2.23. The Balaban J connectivity index is 1.67. The van der Waals surface area contributed by atoms with Crippen molar-refractivity contribution in [1.29, 1.82) is 0 Å². The Hall–Kier alpha value is -1.02. The summed E-state index contributed by atoms with van der Waals surface area (Å²) in [4.78, 5) is 11.8. The molecule has 1 saturated carbocycles. The number of hydrogen-bond donors (Lipinski definition) is 1. The standard InChI is InChI=1S/C16H22ClNO/c17-11-14-5-7-15(8-6-14)12-18-16(19)10-9-13-3-1-2-4-13/h5-8,13H,1-4,9-12H2,(H,18,19). The summed E-state index contributed by atoms with van der Waals surface area (Å²) in [7, 11) is 0. The molecule has 1 aliphatic rings. The van der Waals surface area contributed by atoms with Crippen molar-refractivity contribution in [2.45, 2.75) is 50.9 Å². The Labute approximate surface area is 120 Å². The van der Waals surface area contributed by atoms with Crippen LogP contribution in [0.1, 0.15) is 49.7 Å². The summed E-state index contributed by atoms with van der Waals surface area (Å²) in [6.45, 7) is 0.617. The number of nitrogens with one attached hydrogen (secondary N) is 1. The molecule has 1 aromatic carbocycles. The van der Waals surface area contributed by atoms with Crippen LogP contribution < -0.4 is 5.32 Å². The monoisotopic (exact) mass is 279 g/mol. The molecular weight excluding hydrogens is 258 g/mol. The lowest BCUT2D eigenvalue weighted by atomic mass is 10.0. The molecule has 2 nitrogen and oxygen atoms in total. The Morgan fingerprint density at radius 2 is 1.79 bits per heavy atom. The van der Waals surface area contributed by atoms with Crippen LogP contribution >= 0.6 is 11.6 Å². The first-order valence-electron chi connectivity index (χ1n) is 7.18. The van der Waals surface area contributed by atoms with Crippen LogP contribution in [0.4, 0.5) is 0 Å². The fourth-order valence-electron chi connectivity index (χ4n) is 2.67. The summed E-state index contributed by atoms with van der Waals surface area (Å²) < 4.78 is 0. The fourth-order valence-corrected chi connectivity index (χ4v) is 2.85. The maximum Gasteiger partial charge on any atom is 0.220 e. The van der Waals surface area contributed by atoms with Gasteiger partial charge >= 0.3 is 0 Å². The van der Waals surface area contributed by atoms with Crippen LogP contribution in [0.3, 0.4) is 0 Å². The van der Waals surface area contributed by atoms with Gasteiger partial charge in [-0.15, -0.1) is 11.6 Å². The van der Waals surface area contributed by atoms with Crippen LogP contribution in [0.15, 0.2) is 24.3 Å². The van der Waals surface area contributed by atoms with Gasteiger partial charge in [0.25, 0.3) is 0 Å². The number of benzene rings is 1. The Kier molecular flexibility index (Phi) is 5.71. The molecule has 1 aliphatic carbocycles. The van der Waals surface area contributed by atoms with E-state index in [-0.39, 0.29) is 5.91 Å². The van der Waals surface area contributed by atoms with Crippen LogP contribution in [0, 0.1) is 5.92 Å². The molecule has 0 atom stereocenters. The third kappa shape index (κ3) is 4.87. The van der Waals surface area contributed by atoms with Gasteiger partial charge < -0.3 is 5.32 Å². The molecule has 104 valence electrons. The summed E-state index contributed by atoms with van der Waals surface area (Å²) in [5.74, 6) is 1.50. The molecule has 0 aromatic heterocycles. The molecule has 0 bridgehead atoms. The van der Waals surface area contributed by atoms with Gasteiger partial charge in [-0.25, -0.2) is 0 Å². The Morgan fingerprint density at radius 3 is 2.42 bits per heavy atom. The zero-order valence-electron chi connectivity index (χ0n) is 11.3. The number of halogens is 1. The Morgan fingerprint density at radius 1 is 1.16 bits per heavy atom. The first-order valence-corrected chi connectivity index (χ1v) is 7.72. The smallest absolute Gasteiger partial charge is 0.220 e. The molecule has 0 heterocycles. The van der Waals surface area contributed by atoms with Gasteiger partial charge in [0.1, 0.15) is 0 Å². The highest BCUT2D eigenvalue weighted by Gasteiger charge is 2.15. The SMILES string of the molecule is O=C(CCC1CCCC1)NCc1ccc(CCl)cc1. The number of hydrogen-bond acceptors (Lipinski definition) is 1. The predicted molar refractivity (Wildman–Crippen MR) is 79.0 cm³/mol. The zero-order valence-corrected chi connectivity index (χ0v) is 12.1. The van der Waals surface area contributed by atoms with E-state index in [4.69, 9.17) is 11.6 Å². The Bertz CT molecular complexity index is 396. The number of carbonyl (C=O) groups excluding carboxylic acids is 1. The van der Waals surface area contributed by atoms with E-state index in [1.165, 1.54) is 25.7 Å². The van der Waals surface area contributed by atoms with Crippen LogP contribution in [0.2, 0.25) is 0 Å². The van der Waals surface area contributed by atoms with E-state index in [1.54, 1.807) is 0 Å². The summed E-state index contributed by atoms with van der Waals surface area (Å²) >= 11 is 5.74. The molecule has 0 unspecified atom stereocenters. The van der Waals surface area contributed by atoms with Gasteiger partial charge in [0.2, 0.25) is 5.91 Å². The zero-order chi connectivity index (χ0) is 13.5. The second kappa shape index (κ2) is 7.54. The minimum atomic E-state index is 0.174. The van der Waals surface area contributed by atoms with Crippen LogP contribution in [-0.4, -0.2) is 5.91 Å². The van der Waals surface area contributed by atoms with Crippen LogP contribution in [0.25, 0.3) is 0 Å². The lowest BCUT2D eigenvalue weighted by Gasteiger charge is -2.09. The molecule has 1 fully saturated rings. The average molecular weight is 280 g/mol. The van der Waals surface area contributed by atoms with Crippen molar-refractivity contribution < 1.29 is 4.79 Å². The first-order chi connectivity index (χ1) is 9.28. The number of rotatable bonds is 6. The van der Waals surface area contributed by atoms with Gasteiger partial charge in [0.05, 0.1) is 0 Å². The molecule has 1 N–H and O–H groups in total. The first kappa shape index (κ1) is 14.4. The van der Waals surface area contributed by atoms with Gasteiger partial charge in [0, 0.05) is 18.8 Å². The largest absolute Gasteiger partial charge is 0.352 e. The van der Waals surface area contributed by atoms with Gasteiger partial charge in [-0.1, -0.05) is 49.9 Å². The maximum absolute atomic E-state index is 11.8. The highest BCUT2D eigenvalue weighted by atomic mass is 35.5. The maximum atomic E-state index is 11.8. The topological polar surface area (TPSA) is 29.1 Å². The average Bonchev–Trinajstić information content (AvgIpc) is 2.96. The van der Waals surface area contributed by atoms with E-state index in [0.717, 1.165) is 23.5 Å². The molecular formula is C16H22ClNO. The molecule has 0 aliphatic heterocycles. The molecule has 2 rings (SSSR count). The number of carbonyl (C=O) groups is 1. The van der Waals surface area contributed by atoms with Crippen molar-refractivity contribution in [1.82, 2.24) is 5.32 Å².